The second-order valence-corrected chi connectivity index (χ2v) is 8.00. The van der Waals surface area contributed by atoms with Crippen LogP contribution in [0.5, 0.6) is 0 Å². The third kappa shape index (κ3) is 2.93. The van der Waals surface area contributed by atoms with Crippen LogP contribution in [0.25, 0.3) is 0 Å². The molecule has 0 unspecified atom stereocenters. The lowest BCUT2D eigenvalue weighted by Gasteiger charge is -2.40. The number of piperidine rings is 1. The molecule has 2 aliphatic rings. The van der Waals surface area contributed by atoms with Gasteiger partial charge in [0.15, 0.2) is 0 Å². The summed E-state index contributed by atoms with van der Waals surface area (Å²) in [5.41, 5.74) is 1.83. The van der Waals surface area contributed by atoms with Crippen LogP contribution in [0.3, 0.4) is 0 Å². The maximum atomic E-state index is 13.3. The molecule has 1 heterocycles. The van der Waals surface area contributed by atoms with E-state index in [0.717, 1.165) is 24.0 Å². The lowest BCUT2D eigenvalue weighted by molar-refractivity contribution is -0.148. The standard InChI is InChI=1S/C23H25NO3/c1-17-6-5-9-19(16-17)22(10-11-22)20(25)24-14-12-23(13-15-24,21(26)27)18-7-3-2-4-8-18/h2-9,16H,10-15H2,1H3,(H,26,27). The average molecular weight is 363 g/mol. The van der Waals surface area contributed by atoms with E-state index in [2.05, 4.69) is 6.07 Å². The number of carbonyl (C=O) groups excluding carboxylic acids is 1. The Morgan fingerprint density at radius 3 is 2.04 bits per heavy atom. The van der Waals surface area contributed by atoms with Crippen LogP contribution in [-0.2, 0) is 20.4 Å². The van der Waals surface area contributed by atoms with Crippen LogP contribution in [0, 0.1) is 6.92 Å². The van der Waals surface area contributed by atoms with E-state index in [-0.39, 0.29) is 11.3 Å². The van der Waals surface area contributed by atoms with Crippen LogP contribution in [0.15, 0.2) is 54.6 Å². The van der Waals surface area contributed by atoms with E-state index in [4.69, 9.17) is 0 Å². The summed E-state index contributed by atoms with van der Waals surface area (Å²) in [5, 5.41) is 9.94. The first-order chi connectivity index (χ1) is 13.0. The molecule has 1 saturated carbocycles. The molecule has 1 aliphatic heterocycles. The molecule has 2 aromatic carbocycles. The molecular weight excluding hydrogens is 338 g/mol. The normalized spacial score (nSPS) is 20.1. The zero-order chi connectivity index (χ0) is 19.1. The third-order valence-corrected chi connectivity index (χ3v) is 6.37. The first-order valence-corrected chi connectivity index (χ1v) is 9.63. The van der Waals surface area contributed by atoms with Gasteiger partial charge in [0.1, 0.15) is 0 Å². The minimum atomic E-state index is -0.891. The van der Waals surface area contributed by atoms with Gasteiger partial charge in [-0.05, 0) is 43.7 Å². The molecule has 1 amide bonds. The fourth-order valence-corrected chi connectivity index (χ4v) is 4.47. The highest BCUT2D eigenvalue weighted by atomic mass is 16.4. The van der Waals surface area contributed by atoms with Crippen LogP contribution < -0.4 is 0 Å². The number of hydrogen-bond donors (Lipinski definition) is 1. The monoisotopic (exact) mass is 363 g/mol. The van der Waals surface area contributed by atoms with Gasteiger partial charge in [-0.1, -0.05) is 60.2 Å². The zero-order valence-electron chi connectivity index (χ0n) is 15.6. The predicted molar refractivity (Wildman–Crippen MR) is 104 cm³/mol. The van der Waals surface area contributed by atoms with Gasteiger partial charge in [-0.2, -0.15) is 0 Å². The fraction of sp³-hybridized carbons (Fsp3) is 0.391. The summed E-state index contributed by atoms with van der Waals surface area (Å²) in [6.45, 7) is 3.03. The number of benzene rings is 2. The van der Waals surface area contributed by atoms with Crippen LogP contribution >= 0.6 is 0 Å². The van der Waals surface area contributed by atoms with Crippen LogP contribution in [0.4, 0.5) is 0 Å². The van der Waals surface area contributed by atoms with E-state index < -0.39 is 11.4 Å². The third-order valence-electron chi connectivity index (χ3n) is 6.37. The summed E-state index contributed by atoms with van der Waals surface area (Å²) in [6.07, 6.45) is 2.69. The smallest absolute Gasteiger partial charge is 0.314 e. The van der Waals surface area contributed by atoms with Crippen LogP contribution in [0.2, 0.25) is 0 Å². The Kier molecular flexibility index (Phi) is 4.29. The van der Waals surface area contributed by atoms with E-state index in [1.807, 2.05) is 60.4 Å². The number of carboxylic acids is 1. The van der Waals surface area contributed by atoms with Crippen LogP contribution in [-0.4, -0.2) is 35.0 Å². The summed E-state index contributed by atoms with van der Waals surface area (Å²) in [6, 6.07) is 17.7. The number of rotatable bonds is 4. The molecule has 2 aromatic rings. The van der Waals surface area contributed by atoms with Gasteiger partial charge in [-0.3, -0.25) is 9.59 Å². The molecular formula is C23H25NO3. The van der Waals surface area contributed by atoms with Crippen molar-refractivity contribution in [2.24, 2.45) is 0 Å². The quantitative estimate of drug-likeness (QED) is 0.902. The van der Waals surface area contributed by atoms with Gasteiger partial charge in [-0.25, -0.2) is 0 Å². The molecule has 2 fully saturated rings. The molecule has 0 aromatic heterocycles. The number of carboxylic acid groups (broad SMARTS) is 1. The number of likely N-dealkylation sites (tertiary alicyclic amines) is 1. The van der Waals surface area contributed by atoms with Crippen molar-refractivity contribution in [2.45, 2.75) is 43.4 Å². The van der Waals surface area contributed by atoms with Gasteiger partial charge >= 0.3 is 5.97 Å². The molecule has 0 bridgehead atoms. The zero-order valence-corrected chi connectivity index (χ0v) is 15.6. The molecule has 0 spiro atoms. The Bertz CT molecular complexity index is 862. The Hall–Kier alpha value is -2.62. The number of hydrogen-bond acceptors (Lipinski definition) is 2. The van der Waals surface area contributed by atoms with Gasteiger partial charge in [-0.15, -0.1) is 0 Å². The minimum Gasteiger partial charge on any atom is -0.481 e. The molecule has 0 atom stereocenters. The first kappa shape index (κ1) is 17.8. The largest absolute Gasteiger partial charge is 0.481 e. The van der Waals surface area contributed by atoms with E-state index in [9.17, 15) is 14.7 Å². The van der Waals surface area contributed by atoms with Crippen molar-refractivity contribution in [3.8, 4) is 0 Å². The highest BCUT2D eigenvalue weighted by Gasteiger charge is 2.54. The highest BCUT2D eigenvalue weighted by molar-refractivity contribution is 5.92. The number of nitrogens with zero attached hydrogens (tertiary/aromatic N) is 1. The molecule has 1 N–H and O–H groups in total. The van der Waals surface area contributed by atoms with Crippen molar-refractivity contribution in [3.63, 3.8) is 0 Å². The maximum absolute atomic E-state index is 13.3. The van der Waals surface area contributed by atoms with Gasteiger partial charge < -0.3 is 10.0 Å². The summed E-state index contributed by atoms with van der Waals surface area (Å²) in [4.78, 5) is 27.3. The molecule has 1 saturated heterocycles. The molecule has 0 radical (unpaired) electrons. The number of carbonyl (C=O) groups is 2. The van der Waals surface area contributed by atoms with E-state index in [0.29, 0.717) is 25.9 Å². The van der Waals surface area contributed by atoms with Gasteiger partial charge in [0.25, 0.3) is 0 Å². The Morgan fingerprint density at radius 2 is 1.48 bits per heavy atom. The minimum absolute atomic E-state index is 0.167. The summed E-state index contributed by atoms with van der Waals surface area (Å²) >= 11 is 0. The highest BCUT2D eigenvalue weighted by Crippen LogP contribution is 2.50. The SMILES string of the molecule is Cc1cccc(C2(C(=O)N3CCC(C(=O)O)(c4ccccc4)CC3)CC2)c1. The topological polar surface area (TPSA) is 57.6 Å². The summed E-state index contributed by atoms with van der Waals surface area (Å²) in [7, 11) is 0. The van der Waals surface area contributed by atoms with Crippen molar-refractivity contribution in [2.75, 3.05) is 13.1 Å². The summed E-state index contributed by atoms with van der Waals surface area (Å²) < 4.78 is 0. The van der Waals surface area contributed by atoms with E-state index in [1.54, 1.807) is 0 Å². The molecule has 140 valence electrons. The van der Waals surface area contributed by atoms with Crippen molar-refractivity contribution >= 4 is 11.9 Å². The number of aryl methyl sites for hydroxylation is 1. The van der Waals surface area contributed by atoms with Gasteiger partial charge in [0, 0.05) is 13.1 Å². The van der Waals surface area contributed by atoms with Crippen molar-refractivity contribution in [1.82, 2.24) is 4.90 Å². The molecule has 1 aliphatic carbocycles. The van der Waals surface area contributed by atoms with Crippen molar-refractivity contribution in [3.05, 3.63) is 71.3 Å². The van der Waals surface area contributed by atoms with E-state index in [1.165, 1.54) is 5.56 Å². The first-order valence-electron chi connectivity index (χ1n) is 9.63. The number of amides is 1. The second-order valence-electron chi connectivity index (χ2n) is 8.00. The van der Waals surface area contributed by atoms with Gasteiger partial charge in [0.05, 0.1) is 10.8 Å². The van der Waals surface area contributed by atoms with Gasteiger partial charge in [0.2, 0.25) is 5.91 Å². The van der Waals surface area contributed by atoms with Crippen LogP contribution in [0.1, 0.15) is 42.4 Å². The van der Waals surface area contributed by atoms with Crippen molar-refractivity contribution in [1.29, 1.82) is 0 Å². The summed E-state index contributed by atoms with van der Waals surface area (Å²) in [5.74, 6) is -0.624. The maximum Gasteiger partial charge on any atom is 0.314 e. The lowest BCUT2D eigenvalue weighted by atomic mass is 9.72. The lowest BCUT2D eigenvalue weighted by Crippen LogP contribution is -2.51. The van der Waals surface area contributed by atoms with E-state index >= 15 is 0 Å². The second kappa shape index (κ2) is 6.52. The molecule has 27 heavy (non-hydrogen) atoms. The number of aliphatic carboxylic acids is 1. The Morgan fingerprint density at radius 1 is 0.852 bits per heavy atom. The molecule has 4 rings (SSSR count). The molecule has 4 heteroatoms. The Balaban J connectivity index is 1.54. The molecule has 4 nitrogen and oxygen atoms in total. The fourth-order valence-electron chi connectivity index (χ4n) is 4.47. The Labute approximate surface area is 159 Å². The predicted octanol–water partition coefficient (Wildman–Crippen LogP) is 3.67. The van der Waals surface area contributed by atoms with Crippen molar-refractivity contribution < 1.29 is 14.7 Å². The average Bonchev–Trinajstić information content (AvgIpc) is 3.50.